The van der Waals surface area contributed by atoms with Gasteiger partial charge < -0.3 is 9.64 Å². The molecule has 0 bridgehead atoms. The number of carbonyl (C=O) groups is 2. The molecule has 0 N–H and O–H groups in total. The largest absolute Gasteiger partial charge is 0.462 e. The first-order valence-electron chi connectivity index (χ1n) is 7.15. The van der Waals surface area contributed by atoms with Gasteiger partial charge >= 0.3 is 5.97 Å². The summed E-state index contributed by atoms with van der Waals surface area (Å²) in [5, 5.41) is 4.49. The topological polar surface area (TPSA) is 64.4 Å². The number of hydrogen-bond acceptors (Lipinski definition) is 4. The van der Waals surface area contributed by atoms with Gasteiger partial charge in [0.05, 0.1) is 12.3 Å². The highest BCUT2D eigenvalue weighted by Gasteiger charge is 2.30. The van der Waals surface area contributed by atoms with Crippen LogP contribution in [0.1, 0.15) is 36.3 Å². The van der Waals surface area contributed by atoms with Crippen molar-refractivity contribution >= 4 is 23.5 Å². The normalized spacial score (nSPS) is 18.4. The fourth-order valence-electron chi connectivity index (χ4n) is 2.53. The van der Waals surface area contributed by atoms with Gasteiger partial charge in [-0.05, 0) is 20.8 Å². The average Bonchev–Trinajstić information content (AvgIpc) is 2.96. The molecule has 6 nitrogen and oxygen atoms in total. The molecule has 1 aromatic heterocycles. The molecule has 1 fully saturated rings. The molecule has 0 spiro atoms. The molecule has 2 heterocycles. The number of halogens is 1. The second kappa shape index (κ2) is 6.47. The third-order valence-corrected chi connectivity index (χ3v) is 4.08. The zero-order valence-corrected chi connectivity index (χ0v) is 13.3. The highest BCUT2D eigenvalue weighted by Crippen LogP contribution is 2.22. The Balaban J connectivity index is 1.97. The zero-order chi connectivity index (χ0) is 15.6. The van der Waals surface area contributed by atoms with Crippen molar-refractivity contribution in [1.29, 1.82) is 0 Å². The standard InChI is InChI=1S/C14H20ClN3O3/c1-4-17-7-10(6-11(17)19)8-21-14(20)12-9(3)16-18(5-2)13(12)15/h10H,4-8H2,1-3H3/t10-/m1/s1. The fraction of sp³-hybridized carbons (Fsp3) is 0.643. The van der Waals surface area contributed by atoms with Gasteiger partial charge in [0.15, 0.2) is 0 Å². The summed E-state index contributed by atoms with van der Waals surface area (Å²) in [4.78, 5) is 25.5. The van der Waals surface area contributed by atoms with Crippen molar-refractivity contribution in [2.24, 2.45) is 5.92 Å². The van der Waals surface area contributed by atoms with E-state index in [-0.39, 0.29) is 18.4 Å². The molecule has 116 valence electrons. The molecule has 0 aliphatic carbocycles. The fourth-order valence-corrected chi connectivity index (χ4v) is 2.90. The van der Waals surface area contributed by atoms with Crippen molar-refractivity contribution in [1.82, 2.24) is 14.7 Å². The minimum absolute atomic E-state index is 0.0571. The Bertz CT molecular complexity index is 556. The van der Waals surface area contributed by atoms with Gasteiger partial charge in [-0.1, -0.05) is 11.6 Å². The van der Waals surface area contributed by atoms with E-state index in [4.69, 9.17) is 16.3 Å². The molecule has 1 aliphatic heterocycles. The molecule has 1 saturated heterocycles. The summed E-state index contributed by atoms with van der Waals surface area (Å²) in [5.74, 6) is -0.298. The number of rotatable bonds is 5. The number of aromatic nitrogens is 2. The van der Waals surface area contributed by atoms with Crippen LogP contribution in [-0.4, -0.2) is 46.3 Å². The van der Waals surface area contributed by atoms with Gasteiger partial charge in [-0.25, -0.2) is 4.79 Å². The highest BCUT2D eigenvalue weighted by molar-refractivity contribution is 6.32. The number of amides is 1. The molecule has 0 unspecified atom stereocenters. The predicted molar refractivity (Wildman–Crippen MR) is 78.3 cm³/mol. The van der Waals surface area contributed by atoms with Gasteiger partial charge in [-0.3, -0.25) is 9.48 Å². The summed E-state index contributed by atoms with van der Waals surface area (Å²) in [6.45, 7) is 7.72. The summed E-state index contributed by atoms with van der Waals surface area (Å²) in [7, 11) is 0. The van der Waals surface area contributed by atoms with Crippen molar-refractivity contribution in [2.75, 3.05) is 19.7 Å². The van der Waals surface area contributed by atoms with Crippen LogP contribution in [0.4, 0.5) is 0 Å². The van der Waals surface area contributed by atoms with E-state index in [1.165, 1.54) is 0 Å². The maximum absolute atomic E-state index is 12.1. The first-order chi connectivity index (χ1) is 9.97. The van der Waals surface area contributed by atoms with Crippen molar-refractivity contribution in [3.05, 3.63) is 16.4 Å². The van der Waals surface area contributed by atoms with E-state index in [1.54, 1.807) is 16.5 Å². The Morgan fingerprint density at radius 2 is 2.14 bits per heavy atom. The van der Waals surface area contributed by atoms with E-state index in [1.807, 2.05) is 13.8 Å². The third-order valence-electron chi connectivity index (χ3n) is 3.70. The number of esters is 1. The van der Waals surface area contributed by atoms with Crippen LogP contribution < -0.4 is 0 Å². The van der Waals surface area contributed by atoms with Crippen molar-refractivity contribution in [3.8, 4) is 0 Å². The van der Waals surface area contributed by atoms with Crippen LogP contribution in [0.5, 0.6) is 0 Å². The molecule has 1 amide bonds. The molecular formula is C14H20ClN3O3. The smallest absolute Gasteiger partial charge is 0.343 e. The van der Waals surface area contributed by atoms with Crippen LogP contribution in [0, 0.1) is 12.8 Å². The maximum atomic E-state index is 12.1. The molecule has 1 aromatic rings. The second-order valence-corrected chi connectivity index (χ2v) is 5.53. The molecule has 21 heavy (non-hydrogen) atoms. The van der Waals surface area contributed by atoms with Gasteiger partial charge in [0, 0.05) is 32.0 Å². The summed E-state index contributed by atoms with van der Waals surface area (Å²) in [6, 6.07) is 0. The van der Waals surface area contributed by atoms with Crippen LogP contribution in [0.15, 0.2) is 0 Å². The number of likely N-dealkylation sites (tertiary alicyclic amines) is 1. The van der Waals surface area contributed by atoms with E-state index in [2.05, 4.69) is 5.10 Å². The Hall–Kier alpha value is -1.56. The molecule has 1 aliphatic rings. The molecular weight excluding hydrogens is 294 g/mol. The third kappa shape index (κ3) is 3.20. The van der Waals surface area contributed by atoms with Crippen molar-refractivity contribution in [3.63, 3.8) is 0 Å². The average molecular weight is 314 g/mol. The van der Waals surface area contributed by atoms with Gasteiger partial charge in [0.2, 0.25) is 5.91 Å². The molecule has 0 aromatic carbocycles. The van der Waals surface area contributed by atoms with Gasteiger partial charge in [0.1, 0.15) is 10.7 Å². The minimum atomic E-state index is -0.473. The number of hydrogen-bond donors (Lipinski definition) is 0. The lowest BCUT2D eigenvalue weighted by Crippen LogP contribution is -2.25. The molecule has 1 atom stereocenters. The van der Waals surface area contributed by atoms with E-state index in [0.717, 1.165) is 0 Å². The van der Waals surface area contributed by atoms with Gasteiger partial charge in [-0.15, -0.1) is 0 Å². The Morgan fingerprint density at radius 3 is 2.67 bits per heavy atom. The van der Waals surface area contributed by atoms with Crippen LogP contribution in [0.2, 0.25) is 5.15 Å². The lowest BCUT2D eigenvalue weighted by atomic mass is 10.1. The van der Waals surface area contributed by atoms with Gasteiger partial charge in [-0.2, -0.15) is 5.10 Å². The van der Waals surface area contributed by atoms with Crippen LogP contribution in [-0.2, 0) is 16.1 Å². The summed E-state index contributed by atoms with van der Waals surface area (Å²) in [5.41, 5.74) is 0.875. The zero-order valence-electron chi connectivity index (χ0n) is 12.6. The second-order valence-electron chi connectivity index (χ2n) is 5.17. The Morgan fingerprint density at radius 1 is 1.43 bits per heavy atom. The minimum Gasteiger partial charge on any atom is -0.462 e. The van der Waals surface area contributed by atoms with E-state index < -0.39 is 5.97 Å². The van der Waals surface area contributed by atoms with E-state index >= 15 is 0 Å². The summed E-state index contributed by atoms with van der Waals surface area (Å²) < 4.78 is 6.88. The first kappa shape index (κ1) is 15.8. The number of ether oxygens (including phenoxy) is 1. The van der Waals surface area contributed by atoms with Crippen molar-refractivity contribution in [2.45, 2.75) is 33.7 Å². The van der Waals surface area contributed by atoms with E-state index in [9.17, 15) is 9.59 Å². The quantitative estimate of drug-likeness (QED) is 0.779. The summed E-state index contributed by atoms with van der Waals surface area (Å²) >= 11 is 6.13. The van der Waals surface area contributed by atoms with Crippen LogP contribution >= 0.6 is 11.6 Å². The molecule has 7 heteroatoms. The summed E-state index contributed by atoms with van der Waals surface area (Å²) in [6.07, 6.45) is 0.433. The van der Waals surface area contributed by atoms with Crippen LogP contribution in [0.25, 0.3) is 0 Å². The molecule has 0 saturated carbocycles. The number of nitrogens with zero attached hydrogens (tertiary/aromatic N) is 3. The Kier molecular flexibility index (Phi) is 4.88. The highest BCUT2D eigenvalue weighted by atomic mass is 35.5. The first-order valence-corrected chi connectivity index (χ1v) is 7.53. The molecule has 2 rings (SSSR count). The lowest BCUT2D eigenvalue weighted by Gasteiger charge is -2.13. The lowest BCUT2D eigenvalue weighted by molar-refractivity contribution is -0.127. The Labute approximate surface area is 129 Å². The maximum Gasteiger partial charge on any atom is 0.343 e. The predicted octanol–water partition coefficient (Wildman–Crippen LogP) is 1.89. The van der Waals surface area contributed by atoms with Crippen molar-refractivity contribution < 1.29 is 14.3 Å². The SMILES string of the molecule is CCN1C[C@H](COC(=O)c2c(C)nn(CC)c2Cl)CC1=O. The van der Waals surface area contributed by atoms with Gasteiger partial charge in [0.25, 0.3) is 0 Å². The van der Waals surface area contributed by atoms with E-state index in [0.29, 0.717) is 42.5 Å². The van der Waals surface area contributed by atoms with Crippen LogP contribution in [0.3, 0.4) is 0 Å². The molecule has 0 radical (unpaired) electrons. The number of carbonyl (C=O) groups excluding carboxylic acids is 2. The monoisotopic (exact) mass is 313 g/mol. The number of aryl methyl sites for hydroxylation is 2.